The van der Waals surface area contributed by atoms with Gasteiger partial charge in [-0.05, 0) is 42.7 Å². The van der Waals surface area contributed by atoms with E-state index in [9.17, 15) is 4.79 Å². The highest BCUT2D eigenvalue weighted by atomic mass is 16.5. The number of hydrazone groups is 1. The van der Waals surface area contributed by atoms with E-state index < -0.39 is 0 Å². The Kier molecular flexibility index (Phi) is 3.72. The monoisotopic (exact) mass is 234 g/mol. The summed E-state index contributed by atoms with van der Waals surface area (Å²) < 4.78 is 5.21. The summed E-state index contributed by atoms with van der Waals surface area (Å²) in [6, 6.07) is 6.53. The molecule has 1 aromatic rings. The van der Waals surface area contributed by atoms with Gasteiger partial charge in [-0.15, -0.1) is 0 Å². The van der Waals surface area contributed by atoms with Gasteiger partial charge in [-0.3, -0.25) is 4.79 Å². The molecule has 5 heteroatoms. The SMILES string of the molecule is O=C(N/N=C/c1ccc(O)cc1)[C@H]1CCCO1. The van der Waals surface area contributed by atoms with Crippen molar-refractivity contribution in [2.75, 3.05) is 6.61 Å². The van der Waals surface area contributed by atoms with Crippen molar-refractivity contribution in [3.05, 3.63) is 29.8 Å². The number of hydrogen-bond donors (Lipinski definition) is 2. The molecule has 0 aliphatic carbocycles. The molecule has 0 unspecified atom stereocenters. The van der Waals surface area contributed by atoms with Gasteiger partial charge in [0.15, 0.2) is 0 Å². The molecule has 2 rings (SSSR count). The summed E-state index contributed by atoms with van der Waals surface area (Å²) in [7, 11) is 0. The van der Waals surface area contributed by atoms with Gasteiger partial charge in [0.25, 0.3) is 5.91 Å². The maximum atomic E-state index is 11.5. The number of benzene rings is 1. The molecule has 90 valence electrons. The van der Waals surface area contributed by atoms with Gasteiger partial charge in [0.2, 0.25) is 0 Å². The van der Waals surface area contributed by atoms with E-state index in [1.165, 1.54) is 6.21 Å². The minimum Gasteiger partial charge on any atom is -0.508 e. The number of ether oxygens (including phenoxy) is 1. The number of nitrogens with zero attached hydrogens (tertiary/aromatic N) is 1. The Balaban J connectivity index is 1.84. The van der Waals surface area contributed by atoms with Gasteiger partial charge < -0.3 is 9.84 Å². The van der Waals surface area contributed by atoms with Crippen molar-refractivity contribution in [1.29, 1.82) is 0 Å². The highest BCUT2D eigenvalue weighted by molar-refractivity contribution is 5.84. The zero-order chi connectivity index (χ0) is 12.1. The average molecular weight is 234 g/mol. The van der Waals surface area contributed by atoms with Crippen LogP contribution in [0.3, 0.4) is 0 Å². The molecule has 1 amide bonds. The molecule has 2 N–H and O–H groups in total. The first-order chi connectivity index (χ1) is 8.25. The van der Waals surface area contributed by atoms with Crippen LogP contribution in [0.1, 0.15) is 18.4 Å². The molecule has 1 atom stereocenters. The van der Waals surface area contributed by atoms with E-state index in [0.29, 0.717) is 6.61 Å². The van der Waals surface area contributed by atoms with E-state index in [4.69, 9.17) is 9.84 Å². The van der Waals surface area contributed by atoms with E-state index in [1.807, 2.05) is 0 Å². The number of nitrogens with one attached hydrogen (secondary N) is 1. The van der Waals surface area contributed by atoms with Gasteiger partial charge >= 0.3 is 0 Å². The lowest BCUT2D eigenvalue weighted by molar-refractivity contribution is -0.130. The Morgan fingerprint density at radius 2 is 2.24 bits per heavy atom. The summed E-state index contributed by atoms with van der Waals surface area (Å²) in [4.78, 5) is 11.5. The second-order valence-corrected chi connectivity index (χ2v) is 3.83. The van der Waals surface area contributed by atoms with Gasteiger partial charge in [-0.25, -0.2) is 5.43 Å². The summed E-state index contributed by atoms with van der Waals surface area (Å²) in [5.41, 5.74) is 3.23. The Hall–Kier alpha value is -1.88. The van der Waals surface area contributed by atoms with Crippen LogP contribution in [0, 0.1) is 0 Å². The highest BCUT2D eigenvalue weighted by Gasteiger charge is 2.22. The summed E-state index contributed by atoms with van der Waals surface area (Å²) in [5.74, 6) is -0.0110. The molecular formula is C12H14N2O3. The number of carbonyl (C=O) groups is 1. The summed E-state index contributed by atoms with van der Waals surface area (Å²) in [5, 5.41) is 12.9. The van der Waals surface area contributed by atoms with E-state index in [1.54, 1.807) is 24.3 Å². The third kappa shape index (κ3) is 3.29. The van der Waals surface area contributed by atoms with Crippen molar-refractivity contribution in [2.45, 2.75) is 18.9 Å². The summed E-state index contributed by atoms with van der Waals surface area (Å²) in [6.07, 6.45) is 2.82. The minimum absolute atomic E-state index is 0.200. The molecule has 1 aromatic carbocycles. The van der Waals surface area contributed by atoms with E-state index in [-0.39, 0.29) is 17.8 Å². The van der Waals surface area contributed by atoms with Crippen molar-refractivity contribution >= 4 is 12.1 Å². The number of phenolic OH excluding ortho intramolecular Hbond substituents is 1. The van der Waals surface area contributed by atoms with E-state index in [2.05, 4.69) is 10.5 Å². The molecule has 1 heterocycles. The lowest BCUT2D eigenvalue weighted by Gasteiger charge is -2.05. The predicted octanol–water partition coefficient (Wildman–Crippen LogP) is 1.02. The third-order valence-corrected chi connectivity index (χ3v) is 2.50. The summed E-state index contributed by atoms with van der Waals surface area (Å²) in [6.45, 7) is 0.639. The molecule has 0 radical (unpaired) electrons. The van der Waals surface area contributed by atoms with Crippen molar-refractivity contribution in [2.24, 2.45) is 5.10 Å². The molecule has 1 saturated heterocycles. The molecule has 5 nitrogen and oxygen atoms in total. The van der Waals surface area contributed by atoms with Gasteiger partial charge in [-0.2, -0.15) is 5.10 Å². The van der Waals surface area contributed by atoms with Crippen molar-refractivity contribution in [3.8, 4) is 5.75 Å². The maximum absolute atomic E-state index is 11.5. The fraction of sp³-hybridized carbons (Fsp3) is 0.333. The number of amides is 1. The Labute approximate surface area is 99.1 Å². The largest absolute Gasteiger partial charge is 0.508 e. The zero-order valence-corrected chi connectivity index (χ0v) is 9.30. The second kappa shape index (κ2) is 5.45. The van der Waals surface area contributed by atoms with Crippen LogP contribution in [-0.2, 0) is 9.53 Å². The van der Waals surface area contributed by atoms with Gasteiger partial charge in [0.1, 0.15) is 11.9 Å². The van der Waals surface area contributed by atoms with Crippen molar-refractivity contribution in [3.63, 3.8) is 0 Å². The molecular weight excluding hydrogens is 220 g/mol. The summed E-state index contributed by atoms with van der Waals surface area (Å²) >= 11 is 0. The maximum Gasteiger partial charge on any atom is 0.269 e. The molecule has 0 bridgehead atoms. The van der Waals surface area contributed by atoms with Gasteiger partial charge in [-0.1, -0.05) is 0 Å². The molecule has 17 heavy (non-hydrogen) atoms. The fourth-order valence-electron chi connectivity index (χ4n) is 1.59. The molecule has 0 saturated carbocycles. The molecule has 0 spiro atoms. The standard InChI is InChI=1S/C12H14N2O3/c15-10-5-3-9(4-6-10)8-13-14-12(16)11-2-1-7-17-11/h3-6,8,11,15H,1-2,7H2,(H,14,16)/b13-8+/t11-/m1/s1. The first-order valence-electron chi connectivity index (χ1n) is 5.49. The number of rotatable bonds is 3. The number of aromatic hydroxyl groups is 1. The van der Waals surface area contributed by atoms with Crippen LogP contribution in [-0.4, -0.2) is 29.9 Å². The molecule has 1 aliphatic rings. The smallest absolute Gasteiger partial charge is 0.269 e. The molecule has 0 aromatic heterocycles. The van der Waals surface area contributed by atoms with Crippen LogP contribution in [0.25, 0.3) is 0 Å². The fourth-order valence-corrected chi connectivity index (χ4v) is 1.59. The Morgan fingerprint density at radius 3 is 2.88 bits per heavy atom. The van der Waals surface area contributed by atoms with Crippen LogP contribution in [0.2, 0.25) is 0 Å². The Morgan fingerprint density at radius 1 is 1.47 bits per heavy atom. The minimum atomic E-state index is -0.369. The predicted molar refractivity (Wildman–Crippen MR) is 62.8 cm³/mol. The second-order valence-electron chi connectivity index (χ2n) is 3.83. The van der Waals surface area contributed by atoms with Crippen LogP contribution < -0.4 is 5.43 Å². The van der Waals surface area contributed by atoms with Crippen molar-refractivity contribution in [1.82, 2.24) is 5.43 Å². The lowest BCUT2D eigenvalue weighted by atomic mass is 10.2. The van der Waals surface area contributed by atoms with Gasteiger partial charge in [0.05, 0.1) is 6.21 Å². The molecule has 1 aliphatic heterocycles. The van der Waals surface area contributed by atoms with Crippen LogP contribution in [0.15, 0.2) is 29.4 Å². The van der Waals surface area contributed by atoms with Crippen molar-refractivity contribution < 1.29 is 14.6 Å². The van der Waals surface area contributed by atoms with E-state index in [0.717, 1.165) is 18.4 Å². The van der Waals surface area contributed by atoms with Crippen LogP contribution >= 0.6 is 0 Å². The number of carbonyl (C=O) groups excluding carboxylic acids is 1. The number of phenols is 1. The lowest BCUT2D eigenvalue weighted by Crippen LogP contribution is -2.30. The van der Waals surface area contributed by atoms with Crippen LogP contribution in [0.4, 0.5) is 0 Å². The first kappa shape index (κ1) is 11.6. The number of hydrogen-bond acceptors (Lipinski definition) is 4. The first-order valence-corrected chi connectivity index (χ1v) is 5.49. The quantitative estimate of drug-likeness (QED) is 0.606. The highest BCUT2D eigenvalue weighted by Crippen LogP contribution is 2.11. The topological polar surface area (TPSA) is 70.9 Å². The Bertz CT molecular complexity index is 408. The van der Waals surface area contributed by atoms with Crippen LogP contribution in [0.5, 0.6) is 5.75 Å². The van der Waals surface area contributed by atoms with Gasteiger partial charge in [0, 0.05) is 6.61 Å². The van der Waals surface area contributed by atoms with E-state index >= 15 is 0 Å². The average Bonchev–Trinajstić information content (AvgIpc) is 2.85. The molecule has 1 fully saturated rings. The third-order valence-electron chi connectivity index (χ3n) is 2.50. The normalized spacial score (nSPS) is 19.6. The zero-order valence-electron chi connectivity index (χ0n) is 9.30.